The lowest BCUT2D eigenvalue weighted by Crippen LogP contribution is -2.20. The molecule has 2 heterocycles. The molecule has 0 spiro atoms. The van der Waals surface area contributed by atoms with E-state index in [1.165, 1.54) is 43.8 Å². The van der Waals surface area contributed by atoms with Gasteiger partial charge >= 0.3 is 6.61 Å². The van der Waals surface area contributed by atoms with E-state index in [9.17, 15) is 18.4 Å². The highest BCUT2D eigenvalue weighted by Gasteiger charge is 2.16. The fraction of sp³-hybridized carbons (Fsp3) is 0.105. The van der Waals surface area contributed by atoms with E-state index in [0.717, 1.165) is 11.3 Å². The van der Waals surface area contributed by atoms with Crippen LogP contribution >= 0.6 is 22.9 Å². The normalized spacial score (nSPS) is 12.4. The SMILES string of the molecule is COc1cc(/C=c2\s/c(=C\C(=O)c3ccncc3)[nH]c2=O)cc(Cl)c1OC(F)F. The minimum Gasteiger partial charge on any atom is -0.493 e. The van der Waals surface area contributed by atoms with Gasteiger partial charge in [-0.25, -0.2) is 0 Å². The number of benzene rings is 1. The Morgan fingerprint density at radius 2 is 2.03 bits per heavy atom. The van der Waals surface area contributed by atoms with E-state index in [1.54, 1.807) is 12.1 Å². The van der Waals surface area contributed by atoms with E-state index in [2.05, 4.69) is 14.7 Å². The molecule has 29 heavy (non-hydrogen) atoms. The van der Waals surface area contributed by atoms with Crippen molar-refractivity contribution in [3.05, 3.63) is 72.4 Å². The van der Waals surface area contributed by atoms with E-state index in [0.29, 0.717) is 20.3 Å². The number of nitrogens with one attached hydrogen (secondary N) is 1. The van der Waals surface area contributed by atoms with E-state index in [1.807, 2.05) is 0 Å². The molecule has 0 aliphatic rings. The van der Waals surface area contributed by atoms with Crippen LogP contribution in [-0.2, 0) is 0 Å². The number of Topliss-reactive ketones (excluding diaryl/α,β-unsaturated/α-hetero) is 1. The molecule has 3 aromatic rings. The van der Waals surface area contributed by atoms with Gasteiger partial charge in [0.05, 0.1) is 21.3 Å². The standard InChI is InChI=1S/C19H13ClF2N2O4S/c1-27-14-7-10(6-12(20)17(14)28-19(21)22)8-15-18(26)24-16(29-15)9-13(25)11-2-4-23-5-3-11/h2-9,19H,1H3,(H,24,26)/b15-8-,16-9-. The van der Waals surface area contributed by atoms with Crippen molar-refractivity contribution in [2.45, 2.75) is 6.61 Å². The van der Waals surface area contributed by atoms with Crippen molar-refractivity contribution in [2.24, 2.45) is 0 Å². The molecule has 0 atom stereocenters. The molecule has 0 aliphatic carbocycles. The number of aromatic nitrogens is 2. The molecule has 0 amide bonds. The zero-order valence-electron chi connectivity index (χ0n) is 14.8. The zero-order valence-corrected chi connectivity index (χ0v) is 16.4. The van der Waals surface area contributed by atoms with Crippen molar-refractivity contribution < 1.29 is 23.0 Å². The van der Waals surface area contributed by atoms with E-state index in [-0.39, 0.29) is 22.3 Å². The number of nitrogens with zero attached hydrogens (tertiary/aromatic N) is 1. The van der Waals surface area contributed by atoms with Gasteiger partial charge in [-0.2, -0.15) is 8.78 Å². The number of ketones is 1. The highest BCUT2D eigenvalue weighted by Crippen LogP contribution is 2.37. The molecule has 0 bridgehead atoms. The van der Waals surface area contributed by atoms with Crippen molar-refractivity contribution in [2.75, 3.05) is 7.11 Å². The number of thiazole rings is 1. The highest BCUT2D eigenvalue weighted by atomic mass is 35.5. The fourth-order valence-corrected chi connectivity index (χ4v) is 3.57. The van der Waals surface area contributed by atoms with Crippen LogP contribution in [0, 0.1) is 0 Å². The third-order valence-corrected chi connectivity index (χ3v) is 4.91. The van der Waals surface area contributed by atoms with E-state index < -0.39 is 12.2 Å². The molecule has 0 unspecified atom stereocenters. The number of aromatic amines is 1. The number of rotatable bonds is 6. The summed E-state index contributed by atoms with van der Waals surface area (Å²) in [6.45, 7) is -3.06. The number of halogens is 3. The number of carbonyl (C=O) groups is 1. The molecular weight excluding hydrogens is 426 g/mol. The molecule has 1 N–H and O–H groups in total. The highest BCUT2D eigenvalue weighted by molar-refractivity contribution is 7.07. The van der Waals surface area contributed by atoms with Gasteiger partial charge < -0.3 is 14.5 Å². The number of H-pyrrole nitrogens is 1. The Bertz CT molecular complexity index is 1210. The van der Waals surface area contributed by atoms with Crippen LogP contribution < -0.4 is 24.2 Å². The summed E-state index contributed by atoms with van der Waals surface area (Å²) in [4.78, 5) is 30.9. The Labute approximate surface area is 171 Å². The lowest BCUT2D eigenvalue weighted by atomic mass is 10.2. The summed E-state index contributed by atoms with van der Waals surface area (Å²) >= 11 is 7.07. The van der Waals surface area contributed by atoms with Crippen LogP contribution in [0.2, 0.25) is 5.02 Å². The topological polar surface area (TPSA) is 81.3 Å². The first-order valence-electron chi connectivity index (χ1n) is 8.06. The third-order valence-electron chi connectivity index (χ3n) is 3.66. The number of ether oxygens (including phenoxy) is 2. The van der Waals surface area contributed by atoms with Crippen LogP contribution in [-0.4, -0.2) is 29.5 Å². The van der Waals surface area contributed by atoms with E-state index in [4.69, 9.17) is 16.3 Å². The maximum atomic E-state index is 12.5. The minimum absolute atomic E-state index is 0.00307. The number of pyridine rings is 1. The number of hydrogen-bond donors (Lipinski definition) is 1. The van der Waals surface area contributed by atoms with Gasteiger partial charge in [0.2, 0.25) is 0 Å². The lowest BCUT2D eigenvalue weighted by Gasteiger charge is -2.12. The second kappa shape index (κ2) is 8.97. The first-order valence-corrected chi connectivity index (χ1v) is 9.26. The molecule has 0 saturated heterocycles. The van der Waals surface area contributed by atoms with Gasteiger partial charge in [0, 0.05) is 24.0 Å². The van der Waals surface area contributed by atoms with Crippen molar-refractivity contribution in [1.29, 1.82) is 0 Å². The maximum Gasteiger partial charge on any atom is 0.387 e. The van der Waals surface area contributed by atoms with Crippen molar-refractivity contribution in [1.82, 2.24) is 9.97 Å². The number of carbonyl (C=O) groups excluding carboxylic acids is 1. The van der Waals surface area contributed by atoms with Crippen LogP contribution in [0.4, 0.5) is 8.78 Å². The minimum atomic E-state index is -3.06. The average molecular weight is 439 g/mol. The van der Waals surface area contributed by atoms with Crippen LogP contribution in [0.3, 0.4) is 0 Å². The van der Waals surface area contributed by atoms with Gasteiger partial charge in [-0.1, -0.05) is 11.6 Å². The molecule has 150 valence electrons. The Morgan fingerprint density at radius 1 is 1.31 bits per heavy atom. The van der Waals surface area contributed by atoms with Gasteiger partial charge in [-0.15, -0.1) is 11.3 Å². The fourth-order valence-electron chi connectivity index (χ4n) is 2.42. The molecule has 1 aromatic carbocycles. The van der Waals surface area contributed by atoms with Crippen LogP contribution in [0.5, 0.6) is 11.5 Å². The summed E-state index contributed by atoms with van der Waals surface area (Å²) in [6, 6.07) is 5.91. The third kappa shape index (κ3) is 5.07. The second-order valence-electron chi connectivity index (χ2n) is 5.59. The lowest BCUT2D eigenvalue weighted by molar-refractivity contribution is -0.0511. The summed E-state index contributed by atoms with van der Waals surface area (Å²) < 4.78 is 35.1. The smallest absolute Gasteiger partial charge is 0.387 e. The summed E-state index contributed by atoms with van der Waals surface area (Å²) in [5.74, 6) is -0.579. The predicted octanol–water partition coefficient (Wildman–Crippen LogP) is 2.59. The molecule has 2 aromatic heterocycles. The Kier molecular flexibility index (Phi) is 6.40. The average Bonchev–Trinajstić information content (AvgIpc) is 3.02. The summed E-state index contributed by atoms with van der Waals surface area (Å²) in [5.41, 5.74) is 0.463. The second-order valence-corrected chi connectivity index (χ2v) is 7.08. The first kappa shape index (κ1) is 20.7. The molecule has 10 heteroatoms. The predicted molar refractivity (Wildman–Crippen MR) is 105 cm³/mol. The van der Waals surface area contributed by atoms with E-state index >= 15 is 0 Å². The Balaban J connectivity index is 2.00. The molecule has 3 rings (SSSR count). The van der Waals surface area contributed by atoms with Crippen molar-refractivity contribution in [3.8, 4) is 11.5 Å². The number of methoxy groups -OCH3 is 1. The molecule has 0 aliphatic heterocycles. The Morgan fingerprint density at radius 3 is 2.69 bits per heavy atom. The van der Waals surface area contributed by atoms with Gasteiger partial charge in [-0.05, 0) is 35.9 Å². The largest absolute Gasteiger partial charge is 0.493 e. The molecule has 6 nitrogen and oxygen atoms in total. The zero-order chi connectivity index (χ0) is 21.0. The van der Waals surface area contributed by atoms with Gasteiger partial charge in [-0.3, -0.25) is 14.6 Å². The van der Waals surface area contributed by atoms with Crippen LogP contribution in [0.1, 0.15) is 15.9 Å². The van der Waals surface area contributed by atoms with Gasteiger partial charge in [0.25, 0.3) is 5.56 Å². The number of alkyl halides is 2. The summed E-state index contributed by atoms with van der Waals surface area (Å²) in [7, 11) is 1.28. The molecular formula is C19H13ClF2N2O4S. The number of hydrogen-bond acceptors (Lipinski definition) is 6. The quantitative estimate of drug-likeness (QED) is 0.598. The molecule has 0 radical (unpaired) electrons. The van der Waals surface area contributed by atoms with Crippen LogP contribution in [0.15, 0.2) is 41.5 Å². The Hall–Kier alpha value is -3.04. The summed E-state index contributed by atoms with van der Waals surface area (Å²) in [6.07, 6.45) is 5.80. The van der Waals surface area contributed by atoms with Gasteiger partial charge in [0.1, 0.15) is 0 Å². The molecule has 0 saturated carbocycles. The van der Waals surface area contributed by atoms with Gasteiger partial charge in [0.15, 0.2) is 17.3 Å². The first-order chi connectivity index (χ1) is 13.9. The van der Waals surface area contributed by atoms with Crippen molar-refractivity contribution in [3.63, 3.8) is 0 Å². The molecule has 0 fully saturated rings. The van der Waals surface area contributed by atoms with Crippen molar-refractivity contribution >= 4 is 40.9 Å². The monoisotopic (exact) mass is 438 g/mol. The summed E-state index contributed by atoms with van der Waals surface area (Å²) in [5, 5.41) is -0.0939. The van der Waals surface area contributed by atoms with Crippen LogP contribution in [0.25, 0.3) is 12.2 Å². The maximum absolute atomic E-state index is 12.5.